The Morgan fingerprint density at radius 3 is 1.07 bits per heavy atom. The molecule has 56 heavy (non-hydrogen) atoms. The highest BCUT2D eigenvalue weighted by molar-refractivity contribution is 5.75. The van der Waals surface area contributed by atoms with Crippen molar-refractivity contribution in [2.45, 2.75) is 0 Å². The summed E-state index contributed by atoms with van der Waals surface area (Å²) in [4.78, 5) is 60.0. The van der Waals surface area contributed by atoms with Crippen LogP contribution in [0.3, 0.4) is 0 Å². The van der Waals surface area contributed by atoms with Crippen LogP contribution in [0.1, 0.15) is 0 Å². The average molecular weight is 773 g/mol. The topological polar surface area (TPSA) is 257 Å². The average Bonchev–Trinajstić information content (AvgIpc) is 3.18. The first-order valence-electron chi connectivity index (χ1n) is 16.3. The number of carbonyl (C=O) groups is 4. The standard InChI is InChI=1S/C20H16N2O8.C18H20N2O6/c21-13-28-16-5-7-18(8-6-16)30-20(25)12-27-10-9-26-11-19(24)29-17-3-1-15(2-4-17)22-14-23;19-13-1-5-15(6-2-13)25-17(21)11-23-9-10-24-12-18(22)26-16-7-3-14(20)4-8-16/h1-8H,9-12H2;1-8H,9-12,19-20H2. The lowest BCUT2D eigenvalue weighted by Crippen LogP contribution is -2.20. The lowest BCUT2D eigenvalue weighted by molar-refractivity contribution is -0.143. The number of hydrogen-bond acceptors (Lipinski definition) is 18. The fraction of sp³-hybridized carbons (Fsp3) is 0.211. The third kappa shape index (κ3) is 18.6. The van der Waals surface area contributed by atoms with Gasteiger partial charge in [-0.2, -0.15) is 4.99 Å². The van der Waals surface area contributed by atoms with Crippen LogP contribution in [0.25, 0.3) is 0 Å². The molecule has 0 aromatic heterocycles. The second-order valence-corrected chi connectivity index (χ2v) is 10.6. The number of esters is 4. The van der Waals surface area contributed by atoms with E-state index in [9.17, 15) is 24.0 Å². The molecule has 0 saturated heterocycles. The maximum atomic E-state index is 11.7. The summed E-state index contributed by atoms with van der Waals surface area (Å²) in [6.07, 6.45) is 2.94. The molecule has 4 N–H and O–H groups in total. The van der Waals surface area contributed by atoms with Gasteiger partial charge in [-0.3, -0.25) is 0 Å². The van der Waals surface area contributed by atoms with Crippen LogP contribution in [0.15, 0.2) is 102 Å². The molecule has 4 aromatic rings. The maximum Gasteiger partial charge on any atom is 0.337 e. The van der Waals surface area contributed by atoms with Crippen LogP contribution in [0.4, 0.5) is 17.1 Å². The van der Waals surface area contributed by atoms with E-state index in [-0.39, 0.29) is 64.4 Å². The summed E-state index contributed by atoms with van der Waals surface area (Å²) in [5.41, 5.74) is 12.6. The van der Waals surface area contributed by atoms with E-state index in [4.69, 9.17) is 54.6 Å². The first-order chi connectivity index (χ1) is 27.1. The molecule has 18 heteroatoms. The lowest BCUT2D eigenvalue weighted by atomic mass is 10.3. The third-order valence-corrected chi connectivity index (χ3v) is 6.31. The monoisotopic (exact) mass is 772 g/mol. The van der Waals surface area contributed by atoms with Gasteiger partial charge in [0.25, 0.3) is 6.26 Å². The normalized spacial score (nSPS) is 9.98. The van der Waals surface area contributed by atoms with E-state index in [2.05, 4.69) is 9.73 Å². The number of rotatable bonds is 20. The Morgan fingerprint density at radius 1 is 0.482 bits per heavy atom. The molecule has 0 spiro atoms. The second kappa shape index (κ2) is 25.0. The molecule has 0 aliphatic rings. The molecule has 0 fully saturated rings. The van der Waals surface area contributed by atoms with Crippen molar-refractivity contribution >= 4 is 47.0 Å². The number of nitrogens with two attached hydrogens (primary N) is 2. The van der Waals surface area contributed by atoms with Gasteiger partial charge in [-0.05, 0) is 97.1 Å². The van der Waals surface area contributed by atoms with E-state index in [1.165, 1.54) is 60.9 Å². The zero-order valence-corrected chi connectivity index (χ0v) is 29.7. The third-order valence-electron chi connectivity index (χ3n) is 6.31. The maximum absolute atomic E-state index is 11.7. The van der Waals surface area contributed by atoms with Crippen molar-refractivity contribution in [1.82, 2.24) is 0 Å². The summed E-state index contributed by atoms with van der Waals surface area (Å²) in [7, 11) is 0. The molecule has 0 saturated carbocycles. The van der Waals surface area contributed by atoms with Gasteiger partial charge in [-0.15, -0.1) is 5.26 Å². The minimum Gasteiger partial charge on any atom is -0.425 e. The minimum absolute atomic E-state index is 0.0650. The van der Waals surface area contributed by atoms with Crippen LogP contribution >= 0.6 is 0 Å². The van der Waals surface area contributed by atoms with Crippen LogP contribution in [-0.4, -0.2) is 82.8 Å². The smallest absolute Gasteiger partial charge is 0.337 e. The number of isocyanates is 1. The molecule has 0 aliphatic carbocycles. The molecule has 0 heterocycles. The van der Waals surface area contributed by atoms with Gasteiger partial charge in [0.15, 0.2) is 0 Å². The Bertz CT molecular complexity index is 1860. The van der Waals surface area contributed by atoms with Crippen LogP contribution in [0, 0.1) is 11.5 Å². The van der Waals surface area contributed by atoms with E-state index in [1.54, 1.807) is 48.5 Å². The van der Waals surface area contributed by atoms with Gasteiger partial charge >= 0.3 is 23.9 Å². The van der Waals surface area contributed by atoms with Gasteiger partial charge in [-0.1, -0.05) is 0 Å². The van der Waals surface area contributed by atoms with Gasteiger partial charge < -0.3 is 54.1 Å². The van der Waals surface area contributed by atoms with Gasteiger partial charge in [0.05, 0.1) is 32.1 Å². The number of anilines is 2. The van der Waals surface area contributed by atoms with E-state index >= 15 is 0 Å². The quantitative estimate of drug-likeness (QED) is 0.0248. The predicted molar refractivity (Wildman–Crippen MR) is 194 cm³/mol. The summed E-state index contributed by atoms with van der Waals surface area (Å²) in [5, 5.41) is 8.39. The van der Waals surface area contributed by atoms with Gasteiger partial charge in [0, 0.05) is 11.4 Å². The zero-order chi connectivity index (χ0) is 40.4. The second-order valence-electron chi connectivity index (χ2n) is 10.6. The first-order valence-corrected chi connectivity index (χ1v) is 16.3. The van der Waals surface area contributed by atoms with E-state index in [0.29, 0.717) is 34.3 Å². The minimum atomic E-state index is -0.620. The molecular weight excluding hydrogens is 736 g/mol. The first kappa shape index (κ1) is 43.3. The summed E-state index contributed by atoms with van der Waals surface area (Å²) < 4.78 is 45.2. The highest BCUT2D eigenvalue weighted by atomic mass is 16.6. The summed E-state index contributed by atoms with van der Waals surface area (Å²) in [6, 6.07) is 24.7. The van der Waals surface area contributed by atoms with Crippen molar-refractivity contribution in [3.8, 4) is 35.0 Å². The number of nitrogens with zero attached hydrogens (tertiary/aromatic N) is 2. The molecule has 292 valence electrons. The fourth-order valence-corrected chi connectivity index (χ4v) is 3.84. The zero-order valence-electron chi connectivity index (χ0n) is 29.7. The Labute approximate surface area is 320 Å². The summed E-state index contributed by atoms with van der Waals surface area (Å²) in [5.74, 6) is -0.679. The molecule has 0 radical (unpaired) electrons. The number of ether oxygens (including phenoxy) is 9. The van der Waals surface area contributed by atoms with Crippen molar-refractivity contribution in [2.24, 2.45) is 4.99 Å². The molecule has 0 bridgehead atoms. The molecule has 4 aromatic carbocycles. The summed E-state index contributed by atoms with van der Waals surface area (Å²) in [6.45, 7) is -0.685. The Kier molecular flexibility index (Phi) is 19.3. The number of nitrogen functional groups attached to an aromatic ring is 2. The molecule has 0 amide bonds. The van der Waals surface area contributed by atoms with Crippen LogP contribution < -0.4 is 35.2 Å². The number of aliphatic imine (C=N–C) groups is 1. The Balaban J connectivity index is 0.000000303. The predicted octanol–water partition coefficient (Wildman–Crippen LogP) is 3.45. The van der Waals surface area contributed by atoms with Gasteiger partial charge in [0.1, 0.15) is 55.2 Å². The van der Waals surface area contributed by atoms with Crippen molar-refractivity contribution < 1.29 is 66.6 Å². The Hall–Kier alpha value is -7.13. The van der Waals surface area contributed by atoms with E-state index in [0.717, 1.165) is 0 Å². The highest BCUT2D eigenvalue weighted by Gasteiger charge is 2.09. The Morgan fingerprint density at radius 2 is 0.768 bits per heavy atom. The number of hydrogen-bond donors (Lipinski definition) is 2. The van der Waals surface area contributed by atoms with Crippen LogP contribution in [0.2, 0.25) is 0 Å². The van der Waals surface area contributed by atoms with Crippen molar-refractivity contribution in [3.63, 3.8) is 0 Å². The molecule has 4 rings (SSSR count). The molecule has 0 atom stereocenters. The fourth-order valence-electron chi connectivity index (χ4n) is 3.84. The summed E-state index contributed by atoms with van der Waals surface area (Å²) >= 11 is 0. The van der Waals surface area contributed by atoms with Crippen LogP contribution in [-0.2, 0) is 42.9 Å². The van der Waals surface area contributed by atoms with Crippen molar-refractivity contribution in [3.05, 3.63) is 97.1 Å². The number of benzene rings is 4. The highest BCUT2D eigenvalue weighted by Crippen LogP contribution is 2.19. The molecule has 0 aliphatic heterocycles. The largest absolute Gasteiger partial charge is 0.425 e. The number of carbonyl (C=O) groups excluding carboxylic acids is 5. The van der Waals surface area contributed by atoms with Gasteiger partial charge in [0.2, 0.25) is 6.08 Å². The molecular formula is C38H36N4O14. The van der Waals surface area contributed by atoms with Gasteiger partial charge in [-0.25, -0.2) is 24.0 Å². The van der Waals surface area contributed by atoms with Crippen molar-refractivity contribution in [1.29, 1.82) is 5.26 Å². The van der Waals surface area contributed by atoms with Crippen molar-refractivity contribution in [2.75, 3.05) is 64.3 Å². The number of nitriles is 1. The van der Waals surface area contributed by atoms with E-state index < -0.39 is 23.9 Å². The van der Waals surface area contributed by atoms with E-state index in [1.807, 2.05) is 0 Å². The molecule has 0 unspecified atom stereocenters. The lowest BCUT2D eigenvalue weighted by Gasteiger charge is -2.07. The van der Waals surface area contributed by atoms with Crippen LogP contribution in [0.5, 0.6) is 28.7 Å². The SMILES string of the molecule is N#COc1ccc(OC(=O)COCCOCC(=O)Oc2ccc(N=C=O)cc2)cc1.Nc1ccc(OC(=O)COCCOCC(=O)Oc2ccc(N)cc2)cc1. The molecule has 18 nitrogen and oxygen atoms in total.